The van der Waals surface area contributed by atoms with Gasteiger partial charge in [-0.3, -0.25) is 14.3 Å². The third-order valence-corrected chi connectivity index (χ3v) is 3.58. The zero-order chi connectivity index (χ0) is 18.1. The van der Waals surface area contributed by atoms with E-state index in [1.165, 1.54) is 21.0 Å². The van der Waals surface area contributed by atoms with Gasteiger partial charge in [-0.05, 0) is 0 Å². The van der Waals surface area contributed by atoms with Crippen LogP contribution in [0.15, 0.2) is 0 Å². The first-order valence-corrected chi connectivity index (χ1v) is 7.19. The normalized spacial score (nSPS) is 38.1. The highest BCUT2D eigenvalue weighted by molar-refractivity contribution is 5.77. The van der Waals surface area contributed by atoms with Gasteiger partial charge in [-0.15, -0.1) is 0 Å². The maximum atomic E-state index is 12.0. The molecule has 2 fully saturated rings. The van der Waals surface area contributed by atoms with Crippen molar-refractivity contribution in [1.29, 1.82) is 0 Å². The van der Waals surface area contributed by atoms with Gasteiger partial charge in [0.15, 0.2) is 30.7 Å². The number of esters is 3. The number of fused-ring (bicyclic) bond motifs is 1. The Labute approximate surface area is 138 Å². The van der Waals surface area contributed by atoms with Gasteiger partial charge in [-0.1, -0.05) is 0 Å². The van der Waals surface area contributed by atoms with Crippen LogP contribution in [0, 0.1) is 0 Å². The number of hydrogen-bond donors (Lipinski definition) is 0. The molecule has 0 radical (unpaired) electrons. The summed E-state index contributed by atoms with van der Waals surface area (Å²) in [6.45, 7) is 3.80. The van der Waals surface area contributed by atoms with Gasteiger partial charge in [0.25, 0.3) is 5.97 Å². The molecule has 1 unspecified atom stereocenters. The average molecular weight is 348 g/mol. The van der Waals surface area contributed by atoms with Crippen LogP contribution in [0.5, 0.6) is 0 Å². The van der Waals surface area contributed by atoms with Gasteiger partial charge >= 0.3 is 17.9 Å². The first-order chi connectivity index (χ1) is 11.2. The van der Waals surface area contributed by atoms with Gasteiger partial charge in [-0.2, -0.15) is 0 Å². The lowest BCUT2D eigenvalue weighted by Crippen LogP contribution is -2.61. The molecule has 0 aromatic rings. The minimum Gasteiger partial charge on any atom is -0.467 e. The monoisotopic (exact) mass is 348 g/mol. The van der Waals surface area contributed by atoms with Gasteiger partial charge in [0, 0.05) is 27.9 Å². The van der Waals surface area contributed by atoms with Crippen molar-refractivity contribution in [3.05, 3.63) is 0 Å². The van der Waals surface area contributed by atoms with E-state index in [-0.39, 0.29) is 0 Å². The Morgan fingerprint density at radius 2 is 1.54 bits per heavy atom. The van der Waals surface area contributed by atoms with E-state index in [9.17, 15) is 14.4 Å². The van der Waals surface area contributed by atoms with E-state index in [2.05, 4.69) is 4.74 Å². The van der Waals surface area contributed by atoms with Crippen molar-refractivity contribution in [2.24, 2.45) is 0 Å². The molecule has 24 heavy (non-hydrogen) atoms. The average Bonchev–Trinajstić information content (AvgIpc) is 2.85. The highest BCUT2D eigenvalue weighted by Gasteiger charge is 2.60. The van der Waals surface area contributed by atoms with Gasteiger partial charge in [0.05, 0.1) is 7.11 Å². The Bertz CT molecular complexity index is 520. The highest BCUT2D eigenvalue weighted by atomic mass is 16.9. The Hall–Kier alpha value is -1.75. The zero-order valence-electron chi connectivity index (χ0n) is 14.0. The Morgan fingerprint density at radius 1 is 0.958 bits per heavy atom. The summed E-state index contributed by atoms with van der Waals surface area (Å²) in [5.74, 6) is -3.64. The van der Waals surface area contributed by atoms with Gasteiger partial charge in [-0.25, -0.2) is 4.79 Å². The summed E-state index contributed by atoms with van der Waals surface area (Å²) in [7, 11) is 2.49. The lowest BCUT2D eigenvalue weighted by Gasteiger charge is -2.39. The number of carbonyl (C=O) groups is 3. The molecule has 0 saturated carbocycles. The second-order valence-corrected chi connectivity index (χ2v) is 5.36. The fraction of sp³-hybridized carbons (Fsp3) is 0.786. The van der Waals surface area contributed by atoms with Crippen LogP contribution in [0.3, 0.4) is 0 Å². The number of ether oxygens (including phenoxy) is 7. The van der Waals surface area contributed by atoms with Crippen LogP contribution in [0.1, 0.15) is 20.8 Å². The summed E-state index contributed by atoms with van der Waals surface area (Å²) in [6, 6.07) is 0. The summed E-state index contributed by atoms with van der Waals surface area (Å²) < 4.78 is 36.7. The van der Waals surface area contributed by atoms with Crippen LogP contribution in [-0.2, 0) is 47.5 Å². The predicted octanol–water partition coefficient (Wildman–Crippen LogP) is -0.517. The number of methoxy groups -OCH3 is 2. The van der Waals surface area contributed by atoms with E-state index in [0.717, 1.165) is 14.0 Å². The summed E-state index contributed by atoms with van der Waals surface area (Å²) in [5, 5.41) is 0. The Balaban J connectivity index is 2.37. The molecule has 2 aliphatic rings. The van der Waals surface area contributed by atoms with Crippen LogP contribution in [-0.4, -0.2) is 68.8 Å². The Kier molecular flexibility index (Phi) is 5.43. The first kappa shape index (κ1) is 18.6. The van der Waals surface area contributed by atoms with Crippen molar-refractivity contribution in [2.45, 2.75) is 57.5 Å². The molecule has 0 aromatic carbocycles. The molecule has 2 aliphatic heterocycles. The first-order valence-electron chi connectivity index (χ1n) is 7.19. The van der Waals surface area contributed by atoms with Gasteiger partial charge in [0.1, 0.15) is 0 Å². The third-order valence-electron chi connectivity index (χ3n) is 3.58. The number of carbonyl (C=O) groups excluding carboxylic acids is 3. The molecule has 0 amide bonds. The van der Waals surface area contributed by atoms with E-state index in [4.69, 9.17) is 28.4 Å². The summed E-state index contributed by atoms with van der Waals surface area (Å²) in [5.41, 5.74) is 0. The van der Waals surface area contributed by atoms with Crippen LogP contribution < -0.4 is 0 Å². The van der Waals surface area contributed by atoms with Crippen molar-refractivity contribution < 1.29 is 47.5 Å². The topological polar surface area (TPSA) is 116 Å². The summed E-state index contributed by atoms with van der Waals surface area (Å²) >= 11 is 0. The molecule has 2 rings (SSSR count). The molecule has 10 nitrogen and oxygen atoms in total. The summed E-state index contributed by atoms with van der Waals surface area (Å²) in [6.07, 6.45) is -5.82. The molecule has 6 atom stereocenters. The van der Waals surface area contributed by atoms with E-state index in [1.54, 1.807) is 0 Å². The van der Waals surface area contributed by atoms with Crippen molar-refractivity contribution in [3.63, 3.8) is 0 Å². The SMILES string of the molecule is COC(=O)[C@@H]1O[C@@H]2OC(C)(OC)O[C@@H]2[C@@H](OC(C)=O)[C@@H]1OC(C)=O. The zero-order valence-corrected chi connectivity index (χ0v) is 14.0. The molecule has 136 valence electrons. The molecule has 0 bridgehead atoms. The molecule has 10 heteroatoms. The maximum absolute atomic E-state index is 12.0. The lowest BCUT2D eigenvalue weighted by atomic mass is 9.98. The van der Waals surface area contributed by atoms with Gasteiger partial charge in [0.2, 0.25) is 0 Å². The van der Waals surface area contributed by atoms with Crippen LogP contribution in [0.25, 0.3) is 0 Å². The van der Waals surface area contributed by atoms with E-state index >= 15 is 0 Å². The summed E-state index contributed by atoms with van der Waals surface area (Å²) in [4.78, 5) is 34.9. The Morgan fingerprint density at radius 3 is 2.04 bits per heavy atom. The third kappa shape index (κ3) is 3.66. The minimum atomic E-state index is -1.47. The standard InChI is InChI=1S/C14H20O10/c1-6(15)20-8-9(21-7(2)16)11-13(22-10(8)12(17)18-4)24-14(3,19-5)23-11/h8-11,13H,1-5H3/t8-,9-,10+,11+,13+,14?/m0/s1. The maximum Gasteiger partial charge on any atom is 0.339 e. The number of hydrogen-bond acceptors (Lipinski definition) is 10. The van der Waals surface area contributed by atoms with Crippen molar-refractivity contribution in [1.82, 2.24) is 0 Å². The molecular formula is C14H20O10. The van der Waals surface area contributed by atoms with E-state index < -0.39 is 54.6 Å². The largest absolute Gasteiger partial charge is 0.467 e. The van der Waals surface area contributed by atoms with Crippen molar-refractivity contribution in [2.75, 3.05) is 14.2 Å². The van der Waals surface area contributed by atoms with Crippen molar-refractivity contribution in [3.8, 4) is 0 Å². The van der Waals surface area contributed by atoms with Crippen LogP contribution in [0.4, 0.5) is 0 Å². The van der Waals surface area contributed by atoms with Gasteiger partial charge < -0.3 is 28.4 Å². The molecular weight excluding hydrogens is 328 g/mol. The lowest BCUT2D eigenvalue weighted by molar-refractivity contribution is -0.333. The second-order valence-electron chi connectivity index (χ2n) is 5.36. The fourth-order valence-corrected chi connectivity index (χ4v) is 2.57. The smallest absolute Gasteiger partial charge is 0.339 e. The van der Waals surface area contributed by atoms with Crippen molar-refractivity contribution >= 4 is 17.9 Å². The molecule has 2 saturated heterocycles. The molecule has 0 N–H and O–H groups in total. The second kappa shape index (κ2) is 7.01. The number of rotatable bonds is 4. The molecule has 0 aromatic heterocycles. The minimum absolute atomic E-state index is 0.656. The molecule has 0 aliphatic carbocycles. The quantitative estimate of drug-likeness (QED) is 0.485. The molecule has 0 spiro atoms. The fourth-order valence-electron chi connectivity index (χ4n) is 2.57. The van der Waals surface area contributed by atoms with E-state index in [1.807, 2.05) is 0 Å². The highest BCUT2D eigenvalue weighted by Crippen LogP contribution is 2.39. The molecule has 2 heterocycles. The van der Waals surface area contributed by atoms with Crippen LogP contribution in [0.2, 0.25) is 0 Å². The predicted molar refractivity (Wildman–Crippen MR) is 73.2 cm³/mol. The van der Waals surface area contributed by atoms with Crippen LogP contribution >= 0.6 is 0 Å². The van der Waals surface area contributed by atoms with E-state index in [0.29, 0.717) is 0 Å².